The summed E-state index contributed by atoms with van der Waals surface area (Å²) >= 11 is 0. The Kier molecular flexibility index (Phi) is 15.8. The Morgan fingerprint density at radius 1 is 0.870 bits per heavy atom. The van der Waals surface area contributed by atoms with E-state index in [1.807, 2.05) is 0 Å². The minimum atomic E-state index is -0.0794. The van der Waals surface area contributed by atoms with Gasteiger partial charge in [0.25, 0.3) is 0 Å². The molecule has 0 fully saturated rings. The number of esters is 1. The Balaban J connectivity index is 3.49. The maximum Gasteiger partial charge on any atom is 0.305 e. The van der Waals surface area contributed by atoms with Crippen molar-refractivity contribution in [1.29, 1.82) is 0 Å². The van der Waals surface area contributed by atoms with E-state index >= 15 is 0 Å². The average Bonchev–Trinajstić information content (AvgIpc) is 2.57. The van der Waals surface area contributed by atoms with Gasteiger partial charge in [-0.15, -0.1) is 0 Å². The second-order valence-electron chi connectivity index (χ2n) is 6.31. The van der Waals surface area contributed by atoms with Gasteiger partial charge >= 0.3 is 5.97 Å². The number of hydrogen-bond acceptors (Lipinski definition) is 4. The van der Waals surface area contributed by atoms with E-state index < -0.39 is 0 Å². The lowest BCUT2D eigenvalue weighted by atomic mass is 10.0. The van der Waals surface area contributed by atoms with Gasteiger partial charge in [-0.25, -0.2) is 0 Å². The number of ether oxygens (including phenoxy) is 3. The largest absolute Gasteiger partial charge is 0.465 e. The number of carbonyl (C=O) groups excluding carboxylic acids is 1. The summed E-state index contributed by atoms with van der Waals surface area (Å²) in [5.74, 6) is 0.507. The third-order valence-electron chi connectivity index (χ3n) is 4.37. The van der Waals surface area contributed by atoms with Gasteiger partial charge in [-0.2, -0.15) is 0 Å². The van der Waals surface area contributed by atoms with Crippen LogP contribution in [0.15, 0.2) is 0 Å². The minimum Gasteiger partial charge on any atom is -0.465 e. The van der Waals surface area contributed by atoms with Crippen molar-refractivity contribution in [2.75, 3.05) is 20.8 Å². The van der Waals surface area contributed by atoms with Crippen LogP contribution in [0.5, 0.6) is 0 Å². The van der Waals surface area contributed by atoms with Gasteiger partial charge in [0.2, 0.25) is 0 Å². The van der Waals surface area contributed by atoms with Crippen molar-refractivity contribution in [2.24, 2.45) is 5.92 Å². The number of carbonyl (C=O) groups is 1. The van der Waals surface area contributed by atoms with Crippen LogP contribution in [-0.2, 0) is 19.0 Å². The van der Waals surface area contributed by atoms with Crippen LogP contribution in [0.3, 0.4) is 0 Å². The molecule has 23 heavy (non-hydrogen) atoms. The third kappa shape index (κ3) is 13.5. The summed E-state index contributed by atoms with van der Waals surface area (Å²) in [6.45, 7) is 4.97. The monoisotopic (exact) mass is 330 g/mol. The lowest BCUT2D eigenvalue weighted by Crippen LogP contribution is -2.13. The summed E-state index contributed by atoms with van der Waals surface area (Å²) in [6.07, 6.45) is 11.6. The Morgan fingerprint density at radius 3 is 2.13 bits per heavy atom. The predicted molar refractivity (Wildman–Crippen MR) is 94.4 cm³/mol. The second-order valence-corrected chi connectivity index (χ2v) is 6.31. The van der Waals surface area contributed by atoms with E-state index in [-0.39, 0.29) is 12.3 Å². The zero-order chi connectivity index (χ0) is 17.3. The first-order chi connectivity index (χ1) is 11.2. The Morgan fingerprint density at radius 2 is 1.52 bits per heavy atom. The van der Waals surface area contributed by atoms with Crippen molar-refractivity contribution in [1.82, 2.24) is 0 Å². The lowest BCUT2D eigenvalue weighted by molar-refractivity contribution is -0.145. The number of hydrogen-bond donors (Lipinski definition) is 0. The Hall–Kier alpha value is -0.610. The van der Waals surface area contributed by atoms with E-state index in [1.54, 1.807) is 14.2 Å². The Labute approximate surface area is 143 Å². The molecule has 0 saturated heterocycles. The SMILES string of the molecule is CCCCC(CC)COC(=O)CCCCCCCC(OC)OC. The van der Waals surface area contributed by atoms with Gasteiger partial charge < -0.3 is 14.2 Å². The van der Waals surface area contributed by atoms with Crippen molar-refractivity contribution in [3.63, 3.8) is 0 Å². The van der Waals surface area contributed by atoms with Gasteiger partial charge in [0.1, 0.15) is 0 Å². The molecule has 0 aliphatic rings. The highest BCUT2D eigenvalue weighted by Gasteiger charge is 2.10. The first-order valence-electron chi connectivity index (χ1n) is 9.39. The van der Waals surface area contributed by atoms with Gasteiger partial charge in [-0.3, -0.25) is 4.79 Å². The van der Waals surface area contributed by atoms with Crippen molar-refractivity contribution < 1.29 is 19.0 Å². The molecular formula is C19H38O4. The van der Waals surface area contributed by atoms with Crippen LogP contribution >= 0.6 is 0 Å². The van der Waals surface area contributed by atoms with E-state index in [4.69, 9.17) is 14.2 Å². The molecule has 0 aromatic carbocycles. The van der Waals surface area contributed by atoms with Crippen LogP contribution in [0.25, 0.3) is 0 Å². The van der Waals surface area contributed by atoms with Crippen LogP contribution in [0.2, 0.25) is 0 Å². The van der Waals surface area contributed by atoms with Crippen molar-refractivity contribution >= 4 is 5.97 Å². The molecule has 1 atom stereocenters. The molecule has 0 aliphatic heterocycles. The topological polar surface area (TPSA) is 44.8 Å². The molecule has 0 aromatic rings. The predicted octanol–water partition coefficient (Wildman–Crippen LogP) is 5.10. The first-order valence-corrected chi connectivity index (χ1v) is 9.39. The van der Waals surface area contributed by atoms with Crippen LogP contribution in [0.1, 0.15) is 84.5 Å². The van der Waals surface area contributed by atoms with Gasteiger partial charge in [-0.1, -0.05) is 52.4 Å². The van der Waals surface area contributed by atoms with Gasteiger partial charge in [0.05, 0.1) is 6.61 Å². The lowest BCUT2D eigenvalue weighted by Gasteiger charge is -2.14. The smallest absolute Gasteiger partial charge is 0.305 e. The van der Waals surface area contributed by atoms with E-state index in [9.17, 15) is 4.79 Å². The molecule has 0 N–H and O–H groups in total. The molecule has 0 aliphatic carbocycles. The van der Waals surface area contributed by atoms with Gasteiger partial charge in [-0.05, 0) is 31.6 Å². The molecule has 0 amide bonds. The summed E-state index contributed by atoms with van der Waals surface area (Å²) in [7, 11) is 3.34. The Bertz CT molecular complexity index is 264. The maximum atomic E-state index is 11.7. The molecule has 0 aromatic heterocycles. The molecule has 4 heteroatoms. The maximum absolute atomic E-state index is 11.7. The molecule has 0 rings (SSSR count). The summed E-state index contributed by atoms with van der Waals surface area (Å²) in [5.41, 5.74) is 0. The fourth-order valence-electron chi connectivity index (χ4n) is 2.62. The zero-order valence-corrected chi connectivity index (χ0v) is 15.8. The van der Waals surface area contributed by atoms with Crippen LogP contribution in [0, 0.1) is 5.92 Å². The quantitative estimate of drug-likeness (QED) is 0.224. The number of methoxy groups -OCH3 is 2. The molecule has 0 bridgehead atoms. The van der Waals surface area contributed by atoms with E-state index in [0.717, 1.165) is 44.9 Å². The van der Waals surface area contributed by atoms with Gasteiger partial charge in [0.15, 0.2) is 6.29 Å². The minimum absolute atomic E-state index is 0.0289. The standard InChI is InChI=1S/C19H38O4/c1-5-7-13-17(6-2)16-23-18(20)14-11-9-8-10-12-15-19(21-3)22-4/h17,19H,5-16H2,1-4H3. The summed E-state index contributed by atoms with van der Waals surface area (Å²) in [5, 5.41) is 0. The normalized spacial score (nSPS) is 12.6. The van der Waals surface area contributed by atoms with Crippen LogP contribution in [0.4, 0.5) is 0 Å². The number of rotatable bonds is 16. The van der Waals surface area contributed by atoms with E-state index in [2.05, 4.69) is 13.8 Å². The molecule has 0 spiro atoms. The highest BCUT2D eigenvalue weighted by Crippen LogP contribution is 2.14. The molecule has 0 saturated carbocycles. The first kappa shape index (κ1) is 22.4. The molecule has 4 nitrogen and oxygen atoms in total. The fourth-order valence-corrected chi connectivity index (χ4v) is 2.62. The summed E-state index contributed by atoms with van der Waals surface area (Å²) in [4.78, 5) is 11.7. The van der Waals surface area contributed by atoms with E-state index in [1.165, 1.54) is 19.3 Å². The summed E-state index contributed by atoms with van der Waals surface area (Å²) < 4.78 is 15.7. The van der Waals surface area contributed by atoms with Gasteiger partial charge in [0, 0.05) is 20.6 Å². The third-order valence-corrected chi connectivity index (χ3v) is 4.37. The zero-order valence-electron chi connectivity index (χ0n) is 15.8. The summed E-state index contributed by atoms with van der Waals surface area (Å²) in [6, 6.07) is 0. The highest BCUT2D eigenvalue weighted by atomic mass is 16.7. The molecule has 0 heterocycles. The second kappa shape index (κ2) is 16.3. The number of unbranched alkanes of at least 4 members (excludes halogenated alkanes) is 5. The van der Waals surface area contributed by atoms with Crippen molar-refractivity contribution in [2.45, 2.75) is 90.8 Å². The van der Waals surface area contributed by atoms with Crippen molar-refractivity contribution in [3.05, 3.63) is 0 Å². The van der Waals surface area contributed by atoms with Crippen molar-refractivity contribution in [3.8, 4) is 0 Å². The van der Waals surface area contributed by atoms with Crippen LogP contribution < -0.4 is 0 Å². The molecule has 1 unspecified atom stereocenters. The van der Waals surface area contributed by atoms with E-state index in [0.29, 0.717) is 18.9 Å². The fraction of sp³-hybridized carbons (Fsp3) is 0.947. The molecule has 138 valence electrons. The molecule has 0 radical (unpaired) electrons. The average molecular weight is 331 g/mol. The van der Waals surface area contributed by atoms with Crippen LogP contribution in [-0.4, -0.2) is 33.1 Å². The highest BCUT2D eigenvalue weighted by molar-refractivity contribution is 5.69. The molecular weight excluding hydrogens is 292 g/mol.